The number of alkyl halides is 1. The van der Waals surface area contributed by atoms with Gasteiger partial charge in [0.25, 0.3) is 5.91 Å². The highest BCUT2D eigenvalue weighted by atomic mass is 35.5. The smallest absolute Gasteiger partial charge is 0.310 e. The van der Waals surface area contributed by atoms with Gasteiger partial charge in [-0.25, -0.2) is 4.39 Å². The molecule has 1 aromatic rings. The third-order valence-corrected chi connectivity index (χ3v) is 8.70. The molecule has 4 N–H and O–H groups in total. The maximum Gasteiger partial charge on any atom is 0.310 e. The Morgan fingerprint density at radius 3 is 2.61 bits per heavy atom. The van der Waals surface area contributed by atoms with E-state index in [9.17, 15) is 23.6 Å². The average molecular weight is 595 g/mol. The van der Waals surface area contributed by atoms with Gasteiger partial charge in [-0.05, 0) is 55.7 Å². The quantitative estimate of drug-likeness (QED) is 0.310. The second-order valence-corrected chi connectivity index (χ2v) is 12.4. The van der Waals surface area contributed by atoms with E-state index in [-0.39, 0.29) is 36.1 Å². The molecule has 1 aromatic carbocycles. The van der Waals surface area contributed by atoms with Crippen LogP contribution in [0.1, 0.15) is 70.2 Å². The number of cyclic esters (lactones) is 1. The van der Waals surface area contributed by atoms with Crippen LogP contribution in [-0.4, -0.2) is 71.8 Å². The first-order valence-corrected chi connectivity index (χ1v) is 14.7. The van der Waals surface area contributed by atoms with E-state index in [0.717, 1.165) is 24.2 Å². The zero-order valence-corrected chi connectivity index (χ0v) is 24.7. The highest BCUT2D eigenvalue weighted by Crippen LogP contribution is 2.37. The number of hydrogen-bond acceptors (Lipinski definition) is 7. The van der Waals surface area contributed by atoms with Crippen molar-refractivity contribution in [2.45, 2.75) is 96.5 Å². The molecule has 0 radical (unpaired) electrons. The number of nitrogen functional groups attached to an aromatic ring is 1. The molecular formula is C29H40ClFN4O6. The van der Waals surface area contributed by atoms with Crippen LogP contribution < -0.4 is 16.4 Å². The zero-order valence-electron chi connectivity index (χ0n) is 23.9. The molecule has 10 nitrogen and oxygen atoms in total. The standard InChI is InChI=1S/C29H40ClFN4O6/c1-14(2)19-7-5-15(3)9-24(19)40-29-22(12-25(36)41-29)34-27(38)23-11-18(31)13-35(23)28(39)16(4)33-26(37)17-6-8-21(32)20(30)10-17/h6,8,10,14-16,18-19,22-24,29H,5,7,9,11-13,32H2,1-4H3,(H,33,37)(H,34,38)/t15?,16-,18-,19-,22?,23-,24+,29+/m0/s1. The van der Waals surface area contributed by atoms with Gasteiger partial charge in [-0.2, -0.15) is 0 Å². The summed E-state index contributed by atoms with van der Waals surface area (Å²) in [5.41, 5.74) is 6.20. The predicted molar refractivity (Wildman–Crippen MR) is 150 cm³/mol. The van der Waals surface area contributed by atoms with E-state index in [2.05, 4.69) is 31.4 Å². The summed E-state index contributed by atoms with van der Waals surface area (Å²) in [6.07, 6.45) is 0.175. The van der Waals surface area contributed by atoms with Crippen molar-refractivity contribution in [2.24, 2.45) is 17.8 Å². The Balaban J connectivity index is 1.40. The Bertz CT molecular complexity index is 1170. The van der Waals surface area contributed by atoms with Crippen LogP contribution in [0, 0.1) is 17.8 Å². The Kier molecular flexibility index (Phi) is 9.79. The number of nitrogens with zero attached hydrogens (tertiary/aromatic N) is 1. The number of ether oxygens (including phenoxy) is 2. The van der Waals surface area contributed by atoms with Crippen LogP contribution >= 0.6 is 11.6 Å². The summed E-state index contributed by atoms with van der Waals surface area (Å²) in [6.45, 7) is 7.62. The second-order valence-electron chi connectivity index (χ2n) is 11.9. The number of halogens is 2. The fraction of sp³-hybridized carbons (Fsp3) is 0.655. The van der Waals surface area contributed by atoms with Crippen molar-refractivity contribution in [1.82, 2.24) is 15.5 Å². The van der Waals surface area contributed by atoms with Crippen molar-refractivity contribution in [3.05, 3.63) is 28.8 Å². The summed E-state index contributed by atoms with van der Waals surface area (Å²) in [4.78, 5) is 52.6. The number of benzene rings is 1. The number of rotatable bonds is 8. The number of nitrogens with two attached hydrogens (primary N) is 1. The van der Waals surface area contributed by atoms with Crippen molar-refractivity contribution in [2.75, 3.05) is 12.3 Å². The predicted octanol–water partition coefficient (Wildman–Crippen LogP) is 3.21. The molecule has 3 amide bonds. The Morgan fingerprint density at radius 2 is 1.93 bits per heavy atom. The molecule has 2 unspecified atom stereocenters. The highest BCUT2D eigenvalue weighted by Gasteiger charge is 2.45. The van der Waals surface area contributed by atoms with Gasteiger partial charge in [-0.15, -0.1) is 0 Å². The van der Waals surface area contributed by atoms with E-state index in [1.807, 2.05) is 0 Å². The monoisotopic (exact) mass is 594 g/mol. The zero-order chi connectivity index (χ0) is 30.0. The minimum atomic E-state index is -1.42. The fourth-order valence-electron chi connectivity index (χ4n) is 6.04. The Morgan fingerprint density at radius 1 is 1.20 bits per heavy atom. The summed E-state index contributed by atoms with van der Waals surface area (Å²) in [5.74, 6) is -1.11. The van der Waals surface area contributed by atoms with Gasteiger partial charge in [-0.3, -0.25) is 19.2 Å². The van der Waals surface area contributed by atoms with Crippen LogP contribution in [0.2, 0.25) is 5.02 Å². The van der Waals surface area contributed by atoms with Crippen molar-refractivity contribution >= 4 is 41.0 Å². The van der Waals surface area contributed by atoms with Gasteiger partial charge in [0, 0.05) is 12.0 Å². The maximum absolute atomic E-state index is 14.5. The summed E-state index contributed by atoms with van der Waals surface area (Å²) in [5, 5.41) is 5.55. The highest BCUT2D eigenvalue weighted by molar-refractivity contribution is 6.33. The van der Waals surface area contributed by atoms with E-state index in [1.165, 1.54) is 25.1 Å². The number of likely N-dealkylation sites (tertiary alicyclic amines) is 1. The van der Waals surface area contributed by atoms with Crippen LogP contribution in [0.5, 0.6) is 0 Å². The van der Waals surface area contributed by atoms with Crippen LogP contribution in [0.25, 0.3) is 0 Å². The third kappa shape index (κ3) is 7.30. The van der Waals surface area contributed by atoms with Crippen LogP contribution in [0.3, 0.4) is 0 Å². The van der Waals surface area contributed by atoms with Crippen molar-refractivity contribution in [3.63, 3.8) is 0 Å². The van der Waals surface area contributed by atoms with E-state index in [1.54, 1.807) is 0 Å². The van der Waals surface area contributed by atoms with Crippen LogP contribution in [0.4, 0.5) is 10.1 Å². The largest absolute Gasteiger partial charge is 0.433 e. The SMILES string of the molecule is CC1CC[C@@H](C(C)C)[C@H](O[C@@H]2OC(=O)CC2NC(=O)[C@@H]2C[C@H](F)CN2C(=O)[C@H](C)NC(=O)c2ccc(N)c(Cl)c2)C1. The lowest BCUT2D eigenvalue weighted by atomic mass is 9.75. The molecule has 2 aliphatic heterocycles. The average Bonchev–Trinajstić information content (AvgIpc) is 3.46. The number of carbonyl (C=O) groups is 4. The van der Waals surface area contributed by atoms with E-state index in [0.29, 0.717) is 23.4 Å². The van der Waals surface area contributed by atoms with Crippen LogP contribution in [-0.2, 0) is 23.9 Å². The lowest BCUT2D eigenvalue weighted by Crippen LogP contribution is -2.55. The summed E-state index contributed by atoms with van der Waals surface area (Å²) >= 11 is 6.00. The number of esters is 1. The summed E-state index contributed by atoms with van der Waals surface area (Å²) in [7, 11) is 0. The molecule has 2 saturated heterocycles. The molecule has 3 aliphatic rings. The first kappa shape index (κ1) is 31.0. The molecule has 0 spiro atoms. The molecule has 1 aliphatic carbocycles. The third-order valence-electron chi connectivity index (χ3n) is 8.38. The number of anilines is 1. The van der Waals surface area contributed by atoms with Crippen molar-refractivity contribution in [3.8, 4) is 0 Å². The lowest BCUT2D eigenvalue weighted by Gasteiger charge is -2.38. The van der Waals surface area contributed by atoms with E-state index >= 15 is 0 Å². The summed E-state index contributed by atoms with van der Waals surface area (Å²) < 4.78 is 26.3. The molecule has 8 atom stereocenters. The molecule has 3 fully saturated rings. The molecule has 2 heterocycles. The molecule has 41 heavy (non-hydrogen) atoms. The molecule has 226 valence electrons. The lowest BCUT2D eigenvalue weighted by molar-refractivity contribution is -0.191. The Labute approximate surface area is 244 Å². The molecular weight excluding hydrogens is 555 g/mol. The molecule has 1 saturated carbocycles. The number of amides is 3. The second kappa shape index (κ2) is 12.9. The topological polar surface area (TPSA) is 140 Å². The van der Waals surface area contributed by atoms with Gasteiger partial charge in [0.2, 0.25) is 18.1 Å². The van der Waals surface area contributed by atoms with E-state index in [4.69, 9.17) is 26.8 Å². The van der Waals surface area contributed by atoms with Gasteiger partial charge in [-0.1, -0.05) is 38.8 Å². The number of hydrogen-bond donors (Lipinski definition) is 3. The number of nitrogens with one attached hydrogen (secondary N) is 2. The fourth-order valence-corrected chi connectivity index (χ4v) is 6.22. The minimum Gasteiger partial charge on any atom is -0.433 e. The molecule has 12 heteroatoms. The number of carbonyl (C=O) groups excluding carboxylic acids is 4. The van der Waals surface area contributed by atoms with Crippen molar-refractivity contribution < 1.29 is 33.0 Å². The molecule has 4 rings (SSSR count). The Hall–Kier alpha value is -2.92. The normalized spacial score (nSPS) is 30.7. The van der Waals surface area contributed by atoms with Gasteiger partial charge < -0.3 is 30.7 Å². The van der Waals surface area contributed by atoms with Gasteiger partial charge >= 0.3 is 5.97 Å². The van der Waals surface area contributed by atoms with Gasteiger partial charge in [0.15, 0.2) is 0 Å². The minimum absolute atomic E-state index is 0.0820. The van der Waals surface area contributed by atoms with Crippen molar-refractivity contribution in [1.29, 1.82) is 0 Å². The first-order valence-electron chi connectivity index (χ1n) is 14.3. The maximum atomic E-state index is 14.5. The van der Waals surface area contributed by atoms with E-state index < -0.39 is 54.3 Å². The molecule has 0 bridgehead atoms. The van der Waals surface area contributed by atoms with Gasteiger partial charge in [0.05, 0.1) is 29.8 Å². The first-order chi connectivity index (χ1) is 19.3. The van der Waals surface area contributed by atoms with Gasteiger partial charge in [0.1, 0.15) is 24.3 Å². The summed E-state index contributed by atoms with van der Waals surface area (Å²) in [6, 6.07) is 1.41. The molecule has 0 aromatic heterocycles. The van der Waals surface area contributed by atoms with Crippen LogP contribution in [0.15, 0.2) is 18.2 Å².